The van der Waals surface area contributed by atoms with Gasteiger partial charge in [0.05, 0.1) is 22.9 Å². The van der Waals surface area contributed by atoms with Gasteiger partial charge in [-0.1, -0.05) is 18.5 Å². The first-order valence-corrected chi connectivity index (χ1v) is 8.76. The van der Waals surface area contributed by atoms with Crippen LogP contribution in [0.5, 0.6) is 0 Å². The highest BCUT2D eigenvalue weighted by Crippen LogP contribution is 2.22. The SMILES string of the molecule is CCCn1ncc(NCC2CCCS2(=O)=O)c(Cl)c1=O. The predicted molar refractivity (Wildman–Crippen MR) is 79.1 cm³/mol. The lowest BCUT2D eigenvalue weighted by Crippen LogP contribution is -2.28. The monoisotopic (exact) mass is 319 g/mol. The Bertz CT molecular complexity index is 642. The van der Waals surface area contributed by atoms with Crippen LogP contribution in [0, 0.1) is 0 Å². The molecule has 112 valence electrons. The number of halogens is 1. The average molecular weight is 320 g/mol. The van der Waals surface area contributed by atoms with Gasteiger partial charge in [0.2, 0.25) is 0 Å². The van der Waals surface area contributed by atoms with E-state index in [2.05, 4.69) is 10.4 Å². The quantitative estimate of drug-likeness (QED) is 0.884. The summed E-state index contributed by atoms with van der Waals surface area (Å²) in [6.07, 6.45) is 3.60. The summed E-state index contributed by atoms with van der Waals surface area (Å²) < 4.78 is 24.7. The summed E-state index contributed by atoms with van der Waals surface area (Å²) in [5.41, 5.74) is 0.0407. The Balaban J connectivity index is 2.11. The van der Waals surface area contributed by atoms with Crippen molar-refractivity contribution in [3.05, 3.63) is 21.6 Å². The zero-order valence-electron chi connectivity index (χ0n) is 11.3. The lowest BCUT2D eigenvalue weighted by Gasteiger charge is -2.13. The molecule has 1 saturated heterocycles. The summed E-state index contributed by atoms with van der Waals surface area (Å²) in [5.74, 6) is 0.240. The Morgan fingerprint density at radius 1 is 1.55 bits per heavy atom. The molecular formula is C12H18ClN3O3S. The normalized spacial score (nSPS) is 21.0. The Morgan fingerprint density at radius 2 is 2.30 bits per heavy atom. The number of aromatic nitrogens is 2. The molecule has 1 aliphatic rings. The Hall–Kier alpha value is -1.08. The van der Waals surface area contributed by atoms with Gasteiger partial charge in [-0.05, 0) is 19.3 Å². The van der Waals surface area contributed by atoms with Crippen molar-refractivity contribution in [3.63, 3.8) is 0 Å². The van der Waals surface area contributed by atoms with Crippen molar-refractivity contribution in [2.24, 2.45) is 0 Å². The van der Waals surface area contributed by atoms with E-state index in [9.17, 15) is 13.2 Å². The molecule has 0 aromatic carbocycles. The first-order chi connectivity index (χ1) is 9.45. The van der Waals surface area contributed by atoms with E-state index in [1.807, 2.05) is 6.92 Å². The first-order valence-electron chi connectivity index (χ1n) is 6.66. The summed E-state index contributed by atoms with van der Waals surface area (Å²) in [5, 5.41) is 6.61. The number of nitrogens with zero attached hydrogens (tertiary/aromatic N) is 2. The van der Waals surface area contributed by atoms with Crippen molar-refractivity contribution in [2.45, 2.75) is 38.0 Å². The van der Waals surface area contributed by atoms with Gasteiger partial charge in [-0.2, -0.15) is 5.10 Å². The van der Waals surface area contributed by atoms with Gasteiger partial charge in [-0.15, -0.1) is 0 Å². The van der Waals surface area contributed by atoms with Crippen LogP contribution in [0.25, 0.3) is 0 Å². The van der Waals surface area contributed by atoms with Gasteiger partial charge in [0.1, 0.15) is 5.02 Å². The Kier molecular flexibility index (Phi) is 4.70. The molecule has 0 radical (unpaired) electrons. The fourth-order valence-electron chi connectivity index (χ4n) is 2.27. The Labute approximate surface area is 123 Å². The van der Waals surface area contributed by atoms with Crippen molar-refractivity contribution < 1.29 is 8.42 Å². The van der Waals surface area contributed by atoms with Crippen LogP contribution in [-0.2, 0) is 16.4 Å². The van der Waals surface area contributed by atoms with Gasteiger partial charge in [0.15, 0.2) is 9.84 Å². The number of anilines is 1. The Morgan fingerprint density at radius 3 is 2.90 bits per heavy atom. The standard InChI is InChI=1S/C12H18ClN3O3S/c1-2-5-16-12(17)11(13)10(8-15-16)14-7-9-4-3-6-20(9,18)19/h8-9,14H,2-7H2,1H3. The van der Waals surface area contributed by atoms with E-state index < -0.39 is 15.1 Å². The third-order valence-corrected chi connectivity index (χ3v) is 6.04. The third-order valence-electron chi connectivity index (χ3n) is 3.40. The van der Waals surface area contributed by atoms with Crippen molar-refractivity contribution in [1.29, 1.82) is 0 Å². The molecule has 1 aromatic rings. The molecule has 1 fully saturated rings. The molecule has 2 rings (SSSR count). The summed E-state index contributed by atoms with van der Waals surface area (Å²) in [7, 11) is -3.01. The maximum atomic E-state index is 11.9. The van der Waals surface area contributed by atoms with E-state index in [1.165, 1.54) is 10.9 Å². The fraction of sp³-hybridized carbons (Fsp3) is 0.667. The van der Waals surface area contributed by atoms with Gasteiger partial charge >= 0.3 is 0 Å². The topological polar surface area (TPSA) is 81.1 Å². The maximum Gasteiger partial charge on any atom is 0.287 e. The highest BCUT2D eigenvalue weighted by atomic mass is 35.5. The van der Waals surface area contributed by atoms with E-state index in [-0.39, 0.29) is 22.9 Å². The van der Waals surface area contributed by atoms with Crippen LogP contribution in [0.3, 0.4) is 0 Å². The molecule has 0 amide bonds. The van der Waals surface area contributed by atoms with Gasteiger partial charge in [-0.25, -0.2) is 13.1 Å². The molecule has 1 atom stereocenters. The molecule has 1 N–H and O–H groups in total. The van der Waals surface area contributed by atoms with Gasteiger partial charge < -0.3 is 5.32 Å². The van der Waals surface area contributed by atoms with E-state index in [4.69, 9.17) is 11.6 Å². The van der Waals surface area contributed by atoms with Gasteiger partial charge in [0, 0.05) is 13.1 Å². The van der Waals surface area contributed by atoms with Crippen molar-refractivity contribution in [1.82, 2.24) is 9.78 Å². The van der Waals surface area contributed by atoms with E-state index in [0.29, 0.717) is 25.1 Å². The minimum atomic E-state index is -3.01. The molecule has 0 spiro atoms. The van der Waals surface area contributed by atoms with Gasteiger partial charge in [-0.3, -0.25) is 4.79 Å². The highest BCUT2D eigenvalue weighted by Gasteiger charge is 2.31. The van der Waals surface area contributed by atoms with Crippen molar-refractivity contribution in [3.8, 4) is 0 Å². The highest BCUT2D eigenvalue weighted by molar-refractivity contribution is 7.92. The lowest BCUT2D eigenvalue weighted by molar-refractivity contribution is 0.568. The molecule has 8 heteroatoms. The largest absolute Gasteiger partial charge is 0.381 e. The molecule has 20 heavy (non-hydrogen) atoms. The minimum absolute atomic E-state index is 0.0591. The fourth-order valence-corrected chi connectivity index (χ4v) is 4.25. The van der Waals surface area contributed by atoms with Crippen LogP contribution in [0.15, 0.2) is 11.0 Å². The molecule has 1 unspecified atom stereocenters. The molecule has 6 nitrogen and oxygen atoms in total. The molecule has 0 bridgehead atoms. The van der Waals surface area contributed by atoms with Crippen LogP contribution in [-0.4, -0.2) is 35.7 Å². The second-order valence-corrected chi connectivity index (χ2v) is 7.69. The van der Waals surface area contributed by atoms with Gasteiger partial charge in [0.25, 0.3) is 5.56 Å². The molecule has 1 aromatic heterocycles. The molecule has 2 heterocycles. The van der Waals surface area contributed by atoms with Crippen molar-refractivity contribution in [2.75, 3.05) is 17.6 Å². The molecule has 0 aliphatic carbocycles. The van der Waals surface area contributed by atoms with E-state index >= 15 is 0 Å². The lowest BCUT2D eigenvalue weighted by atomic mass is 10.2. The smallest absolute Gasteiger partial charge is 0.287 e. The van der Waals surface area contributed by atoms with Crippen LogP contribution >= 0.6 is 11.6 Å². The molecular weight excluding hydrogens is 302 g/mol. The minimum Gasteiger partial charge on any atom is -0.381 e. The predicted octanol–water partition coefficient (Wildman–Crippen LogP) is 1.30. The van der Waals surface area contributed by atoms with E-state index in [0.717, 1.165) is 6.42 Å². The second-order valence-electron chi connectivity index (χ2n) is 4.91. The number of hydrogen-bond donors (Lipinski definition) is 1. The average Bonchev–Trinajstić information content (AvgIpc) is 2.73. The number of aryl methyl sites for hydroxylation is 1. The summed E-state index contributed by atoms with van der Waals surface area (Å²) in [4.78, 5) is 11.9. The van der Waals surface area contributed by atoms with Crippen LogP contribution in [0.2, 0.25) is 5.02 Å². The number of nitrogens with one attached hydrogen (secondary N) is 1. The first kappa shape index (κ1) is 15.3. The van der Waals surface area contributed by atoms with E-state index in [1.54, 1.807) is 0 Å². The van der Waals surface area contributed by atoms with Crippen LogP contribution < -0.4 is 10.9 Å². The van der Waals surface area contributed by atoms with Crippen molar-refractivity contribution >= 4 is 27.1 Å². The third kappa shape index (κ3) is 3.15. The summed E-state index contributed by atoms with van der Waals surface area (Å²) in [6, 6.07) is 0. The second kappa shape index (κ2) is 6.13. The number of sulfone groups is 1. The molecule has 1 aliphatic heterocycles. The molecule has 0 saturated carbocycles. The van der Waals surface area contributed by atoms with Crippen LogP contribution in [0.4, 0.5) is 5.69 Å². The maximum absolute atomic E-state index is 11.9. The zero-order chi connectivity index (χ0) is 14.8. The van der Waals surface area contributed by atoms with Crippen LogP contribution in [0.1, 0.15) is 26.2 Å². The summed E-state index contributed by atoms with van der Waals surface area (Å²) >= 11 is 6.01. The number of hydrogen-bond acceptors (Lipinski definition) is 5. The summed E-state index contributed by atoms with van der Waals surface area (Å²) in [6.45, 7) is 2.72. The zero-order valence-corrected chi connectivity index (χ0v) is 12.9. The number of rotatable bonds is 5.